The molecule has 0 unspecified atom stereocenters. The van der Waals surface area contributed by atoms with Gasteiger partial charge in [0.1, 0.15) is 5.56 Å². The van der Waals surface area contributed by atoms with Gasteiger partial charge in [0.2, 0.25) is 0 Å². The van der Waals surface area contributed by atoms with Crippen LogP contribution in [0.15, 0.2) is 35.3 Å². The number of nitrogens with two attached hydrogens (primary N) is 1. The van der Waals surface area contributed by atoms with E-state index in [-0.39, 0.29) is 11.0 Å². The second kappa shape index (κ2) is 5.16. The lowest BCUT2D eigenvalue weighted by Gasteiger charge is -2.06. The normalized spacial score (nSPS) is 10.2. The van der Waals surface area contributed by atoms with Crippen molar-refractivity contribution in [1.82, 2.24) is 4.98 Å². The number of carbonyl (C=O) groups excluding carboxylic acids is 1. The van der Waals surface area contributed by atoms with Gasteiger partial charge >= 0.3 is 0 Å². The fourth-order valence-corrected chi connectivity index (χ4v) is 1.73. The van der Waals surface area contributed by atoms with Crippen molar-refractivity contribution < 1.29 is 4.79 Å². The summed E-state index contributed by atoms with van der Waals surface area (Å²) in [5.41, 5.74) is 6.87. The smallest absolute Gasteiger partial charge is 0.261 e. The highest BCUT2D eigenvalue weighted by atomic mass is 35.5. The first-order valence-electron chi connectivity index (χ1n) is 5.53. The van der Waals surface area contributed by atoms with Crippen LogP contribution in [0.5, 0.6) is 0 Å². The van der Waals surface area contributed by atoms with Gasteiger partial charge in [-0.2, -0.15) is 0 Å². The van der Waals surface area contributed by atoms with Gasteiger partial charge in [0.15, 0.2) is 5.43 Å². The lowest BCUT2D eigenvalue weighted by atomic mass is 10.2. The van der Waals surface area contributed by atoms with Crippen molar-refractivity contribution in [3.05, 3.63) is 57.0 Å². The summed E-state index contributed by atoms with van der Waals surface area (Å²) in [5.74, 6) is -0.498. The molecule has 98 valence electrons. The SMILES string of the molecule is Cc1cc(=O)c(C(=O)Nc2ccc(N)c(Cl)c2)c[nH]1. The number of anilines is 2. The van der Waals surface area contributed by atoms with Crippen LogP contribution < -0.4 is 16.5 Å². The summed E-state index contributed by atoms with van der Waals surface area (Å²) >= 11 is 5.85. The number of H-pyrrole nitrogens is 1. The number of amides is 1. The summed E-state index contributed by atoms with van der Waals surface area (Å²) in [4.78, 5) is 26.4. The molecule has 2 aromatic rings. The largest absolute Gasteiger partial charge is 0.398 e. The van der Waals surface area contributed by atoms with Gasteiger partial charge < -0.3 is 16.0 Å². The molecule has 1 aromatic heterocycles. The summed E-state index contributed by atoms with van der Waals surface area (Å²) in [6.45, 7) is 1.74. The number of aromatic nitrogens is 1. The first-order chi connectivity index (χ1) is 8.97. The van der Waals surface area contributed by atoms with Crippen molar-refractivity contribution in [3.63, 3.8) is 0 Å². The highest BCUT2D eigenvalue weighted by Crippen LogP contribution is 2.22. The van der Waals surface area contributed by atoms with Crippen molar-refractivity contribution in [2.75, 3.05) is 11.1 Å². The summed E-state index contributed by atoms with van der Waals surface area (Å²) in [6.07, 6.45) is 1.38. The van der Waals surface area contributed by atoms with Crippen LogP contribution in [0, 0.1) is 6.92 Å². The number of halogens is 1. The molecule has 1 aromatic carbocycles. The van der Waals surface area contributed by atoms with Gasteiger partial charge in [-0.3, -0.25) is 9.59 Å². The summed E-state index contributed by atoms with van der Waals surface area (Å²) in [7, 11) is 0. The molecule has 0 atom stereocenters. The minimum Gasteiger partial charge on any atom is -0.398 e. The third kappa shape index (κ3) is 2.95. The number of nitrogen functional groups attached to an aromatic ring is 1. The maximum absolute atomic E-state index is 11.9. The van der Waals surface area contributed by atoms with E-state index in [9.17, 15) is 9.59 Å². The molecule has 1 heterocycles. The topological polar surface area (TPSA) is 88.0 Å². The number of carbonyl (C=O) groups is 1. The third-order valence-corrected chi connectivity index (χ3v) is 2.89. The van der Waals surface area contributed by atoms with Gasteiger partial charge in [-0.25, -0.2) is 0 Å². The molecule has 0 saturated carbocycles. The minimum atomic E-state index is -0.498. The van der Waals surface area contributed by atoms with E-state index < -0.39 is 5.91 Å². The molecule has 19 heavy (non-hydrogen) atoms. The molecule has 0 aliphatic carbocycles. The molecule has 1 amide bonds. The number of hydrogen-bond donors (Lipinski definition) is 3. The van der Waals surface area contributed by atoms with E-state index in [1.165, 1.54) is 18.3 Å². The predicted octanol–water partition coefficient (Wildman–Crippen LogP) is 2.17. The van der Waals surface area contributed by atoms with Gasteiger partial charge in [-0.1, -0.05) is 11.6 Å². The molecule has 6 heteroatoms. The van der Waals surface area contributed by atoms with Crippen molar-refractivity contribution in [3.8, 4) is 0 Å². The van der Waals surface area contributed by atoms with E-state index in [2.05, 4.69) is 10.3 Å². The molecule has 5 nitrogen and oxygen atoms in total. The van der Waals surface area contributed by atoms with Crippen LogP contribution in [0.3, 0.4) is 0 Å². The second-order valence-electron chi connectivity index (χ2n) is 4.08. The Kier molecular flexibility index (Phi) is 3.57. The maximum atomic E-state index is 11.9. The maximum Gasteiger partial charge on any atom is 0.261 e. The average molecular weight is 278 g/mol. The van der Waals surface area contributed by atoms with Crippen molar-refractivity contribution >= 4 is 28.9 Å². The van der Waals surface area contributed by atoms with Gasteiger partial charge in [-0.15, -0.1) is 0 Å². The number of nitrogens with one attached hydrogen (secondary N) is 2. The molecule has 0 bridgehead atoms. The fourth-order valence-electron chi connectivity index (χ4n) is 1.55. The molecule has 2 rings (SSSR count). The number of pyridine rings is 1. The van der Waals surface area contributed by atoms with Crippen molar-refractivity contribution in [2.24, 2.45) is 0 Å². The van der Waals surface area contributed by atoms with Crippen LogP contribution in [0.2, 0.25) is 5.02 Å². The van der Waals surface area contributed by atoms with Gasteiger partial charge in [0.25, 0.3) is 5.91 Å². The minimum absolute atomic E-state index is 0.0403. The Morgan fingerprint density at radius 1 is 1.37 bits per heavy atom. The Morgan fingerprint density at radius 3 is 2.74 bits per heavy atom. The molecule has 0 spiro atoms. The number of aryl methyl sites for hydroxylation is 1. The molecule has 0 aliphatic rings. The quantitative estimate of drug-likeness (QED) is 0.735. The Hall–Kier alpha value is -2.27. The highest BCUT2D eigenvalue weighted by molar-refractivity contribution is 6.33. The van der Waals surface area contributed by atoms with Gasteiger partial charge in [-0.05, 0) is 25.1 Å². The van der Waals surface area contributed by atoms with Crippen LogP contribution in [-0.2, 0) is 0 Å². The van der Waals surface area contributed by atoms with E-state index in [0.29, 0.717) is 22.1 Å². The second-order valence-corrected chi connectivity index (χ2v) is 4.49. The number of rotatable bonds is 2. The average Bonchev–Trinajstić information content (AvgIpc) is 2.33. The molecular formula is C13H12ClN3O2. The zero-order valence-electron chi connectivity index (χ0n) is 10.2. The summed E-state index contributed by atoms with van der Waals surface area (Å²) in [5, 5.41) is 2.93. The Balaban J connectivity index is 2.25. The fraction of sp³-hybridized carbons (Fsp3) is 0.0769. The number of aromatic amines is 1. The lowest BCUT2D eigenvalue weighted by molar-refractivity contribution is 0.102. The van der Waals surface area contributed by atoms with Crippen LogP contribution in [0.1, 0.15) is 16.1 Å². The monoisotopic (exact) mass is 277 g/mol. The van der Waals surface area contributed by atoms with E-state index in [1.807, 2.05) is 0 Å². The molecule has 0 aliphatic heterocycles. The number of benzene rings is 1. The zero-order chi connectivity index (χ0) is 14.0. The van der Waals surface area contributed by atoms with Crippen LogP contribution >= 0.6 is 11.6 Å². The van der Waals surface area contributed by atoms with Gasteiger partial charge in [0, 0.05) is 23.6 Å². The Bertz CT molecular complexity index is 695. The molecule has 0 fully saturated rings. The van der Waals surface area contributed by atoms with Crippen molar-refractivity contribution in [2.45, 2.75) is 6.92 Å². The van der Waals surface area contributed by atoms with Crippen molar-refractivity contribution in [1.29, 1.82) is 0 Å². The van der Waals surface area contributed by atoms with E-state index in [4.69, 9.17) is 17.3 Å². The van der Waals surface area contributed by atoms with E-state index >= 15 is 0 Å². The standard InChI is InChI=1S/C13H12ClN3O2/c1-7-4-12(18)9(6-16-7)13(19)17-8-2-3-11(15)10(14)5-8/h2-6H,15H2,1H3,(H,16,18)(H,17,19). The van der Waals surface area contributed by atoms with Crippen LogP contribution in [-0.4, -0.2) is 10.9 Å². The van der Waals surface area contributed by atoms with Crippen LogP contribution in [0.25, 0.3) is 0 Å². The predicted molar refractivity (Wildman–Crippen MR) is 75.6 cm³/mol. The van der Waals surface area contributed by atoms with Crippen LogP contribution in [0.4, 0.5) is 11.4 Å². The summed E-state index contributed by atoms with van der Waals surface area (Å²) < 4.78 is 0. The summed E-state index contributed by atoms with van der Waals surface area (Å²) in [6, 6.07) is 6.08. The first-order valence-corrected chi connectivity index (χ1v) is 5.91. The molecule has 0 radical (unpaired) electrons. The Labute approximate surface area is 114 Å². The highest BCUT2D eigenvalue weighted by Gasteiger charge is 2.11. The Morgan fingerprint density at radius 2 is 2.11 bits per heavy atom. The lowest BCUT2D eigenvalue weighted by Crippen LogP contribution is -2.21. The molecule has 0 saturated heterocycles. The first kappa shape index (κ1) is 13.2. The zero-order valence-corrected chi connectivity index (χ0v) is 10.9. The van der Waals surface area contributed by atoms with E-state index in [0.717, 1.165) is 0 Å². The van der Waals surface area contributed by atoms with E-state index in [1.54, 1.807) is 19.1 Å². The molecular weight excluding hydrogens is 266 g/mol. The number of hydrogen-bond acceptors (Lipinski definition) is 3. The van der Waals surface area contributed by atoms with Gasteiger partial charge in [0.05, 0.1) is 10.7 Å². The molecule has 4 N–H and O–H groups in total. The third-order valence-electron chi connectivity index (χ3n) is 2.56.